The number of carboxylic acids is 3. The Bertz CT molecular complexity index is 607. The highest BCUT2D eigenvalue weighted by atomic mass is 35.5. The van der Waals surface area contributed by atoms with Gasteiger partial charge in [-0.2, -0.15) is 0 Å². The molecular weight excluding hydrogens is 344 g/mol. The molecule has 0 unspecified atom stereocenters. The van der Waals surface area contributed by atoms with E-state index in [2.05, 4.69) is 15.6 Å². The van der Waals surface area contributed by atoms with Crippen molar-refractivity contribution in [3.63, 3.8) is 0 Å². The number of hydrogen-bond donors (Lipinski definition) is 4. The van der Waals surface area contributed by atoms with E-state index in [1.807, 2.05) is 0 Å². The van der Waals surface area contributed by atoms with Gasteiger partial charge in [-0.3, -0.25) is 14.4 Å². The Balaban J connectivity index is 0.00000288. The minimum absolute atomic E-state index is 0. The van der Waals surface area contributed by atoms with Gasteiger partial charge in [-0.1, -0.05) is 5.21 Å². The molecule has 0 radical (unpaired) electrons. The minimum Gasteiger partial charge on any atom is -0.481 e. The van der Waals surface area contributed by atoms with Gasteiger partial charge in [-0.05, 0) is 12.8 Å². The molecule has 4 N–H and O–H groups in total. The van der Waals surface area contributed by atoms with Crippen LogP contribution in [0.5, 0.6) is 0 Å². The van der Waals surface area contributed by atoms with Crippen LogP contribution in [-0.2, 0) is 20.8 Å². The lowest BCUT2D eigenvalue weighted by Crippen LogP contribution is -2.37. The molecule has 2 heterocycles. The fraction of sp³-hybridized carbons (Fsp3) is 0.615. The van der Waals surface area contributed by atoms with Crippen molar-refractivity contribution >= 4 is 30.3 Å². The van der Waals surface area contributed by atoms with Gasteiger partial charge in [-0.15, -0.1) is 17.5 Å². The van der Waals surface area contributed by atoms with Crippen molar-refractivity contribution in [2.75, 3.05) is 6.54 Å². The first-order valence-electron chi connectivity index (χ1n) is 7.19. The highest BCUT2D eigenvalue weighted by molar-refractivity contribution is 5.85. The Hall–Kier alpha value is -2.20. The summed E-state index contributed by atoms with van der Waals surface area (Å²) in [4.78, 5) is 32.9. The average molecular weight is 363 g/mol. The smallest absolute Gasteiger partial charge is 0.321 e. The van der Waals surface area contributed by atoms with Crippen LogP contribution in [0.3, 0.4) is 0 Å². The highest BCUT2D eigenvalue weighted by Gasteiger charge is 2.43. The van der Waals surface area contributed by atoms with Crippen LogP contribution in [0, 0.1) is 5.92 Å². The molecule has 24 heavy (non-hydrogen) atoms. The molecule has 1 saturated heterocycles. The number of hydrogen-bond acceptors (Lipinski definition) is 6. The molecular formula is C13H19ClN4O6. The van der Waals surface area contributed by atoms with E-state index in [1.165, 1.54) is 10.9 Å². The number of nitrogens with zero attached hydrogens (tertiary/aromatic N) is 3. The van der Waals surface area contributed by atoms with Gasteiger partial charge in [0, 0.05) is 18.9 Å². The first kappa shape index (κ1) is 19.8. The summed E-state index contributed by atoms with van der Waals surface area (Å²) in [5.41, 5.74) is 0.666. The van der Waals surface area contributed by atoms with E-state index in [1.54, 1.807) is 0 Å². The third kappa shape index (κ3) is 4.65. The molecule has 0 aromatic carbocycles. The molecule has 0 amide bonds. The van der Waals surface area contributed by atoms with Crippen LogP contribution >= 0.6 is 12.4 Å². The lowest BCUT2D eigenvalue weighted by Gasteiger charge is -2.21. The number of aryl methyl sites for hydroxylation is 1. The first-order chi connectivity index (χ1) is 10.9. The molecule has 11 heteroatoms. The van der Waals surface area contributed by atoms with Gasteiger partial charge >= 0.3 is 17.9 Å². The Morgan fingerprint density at radius 2 is 1.96 bits per heavy atom. The molecule has 1 aromatic rings. The molecule has 134 valence electrons. The average Bonchev–Trinajstić information content (AvgIpc) is 3.04. The van der Waals surface area contributed by atoms with Crippen molar-refractivity contribution in [2.45, 2.75) is 37.8 Å². The van der Waals surface area contributed by atoms with Gasteiger partial charge < -0.3 is 20.6 Å². The van der Waals surface area contributed by atoms with Crippen molar-refractivity contribution < 1.29 is 29.7 Å². The van der Waals surface area contributed by atoms with Crippen LogP contribution in [0.1, 0.15) is 31.0 Å². The van der Waals surface area contributed by atoms with Crippen molar-refractivity contribution in [3.8, 4) is 0 Å². The lowest BCUT2D eigenvalue weighted by atomic mass is 9.92. The first-order valence-corrected chi connectivity index (χ1v) is 7.19. The molecule has 0 bridgehead atoms. The van der Waals surface area contributed by atoms with Gasteiger partial charge in [0.25, 0.3) is 0 Å². The normalized spacial score (nSPS) is 22.8. The molecule has 1 aliphatic heterocycles. The maximum atomic E-state index is 11.3. The highest BCUT2D eigenvalue weighted by Crippen LogP contribution is 2.31. The van der Waals surface area contributed by atoms with E-state index in [-0.39, 0.29) is 31.8 Å². The Morgan fingerprint density at radius 1 is 1.25 bits per heavy atom. The molecule has 1 aliphatic rings. The fourth-order valence-electron chi connectivity index (χ4n) is 2.91. The number of nitrogens with one attached hydrogen (secondary N) is 1. The molecule has 1 aromatic heterocycles. The second-order valence-electron chi connectivity index (χ2n) is 5.47. The van der Waals surface area contributed by atoms with Gasteiger partial charge in [0.1, 0.15) is 6.04 Å². The topological polar surface area (TPSA) is 155 Å². The van der Waals surface area contributed by atoms with Crippen molar-refractivity contribution in [1.82, 2.24) is 20.3 Å². The van der Waals surface area contributed by atoms with E-state index in [4.69, 9.17) is 10.2 Å². The lowest BCUT2D eigenvalue weighted by molar-refractivity contribution is -0.142. The van der Waals surface area contributed by atoms with Crippen LogP contribution < -0.4 is 5.32 Å². The van der Waals surface area contributed by atoms with Crippen LogP contribution in [0.15, 0.2) is 6.20 Å². The van der Waals surface area contributed by atoms with Gasteiger partial charge in [0.15, 0.2) is 0 Å². The zero-order chi connectivity index (χ0) is 17.0. The Kier molecular flexibility index (Phi) is 7.11. The summed E-state index contributed by atoms with van der Waals surface area (Å²) in [6, 6.07) is -1.42. The van der Waals surface area contributed by atoms with E-state index < -0.39 is 35.9 Å². The van der Waals surface area contributed by atoms with E-state index in [9.17, 15) is 19.5 Å². The third-order valence-corrected chi connectivity index (χ3v) is 3.93. The zero-order valence-electron chi connectivity index (χ0n) is 12.7. The monoisotopic (exact) mass is 362 g/mol. The second kappa shape index (κ2) is 8.60. The van der Waals surface area contributed by atoms with Crippen LogP contribution in [0.2, 0.25) is 0 Å². The van der Waals surface area contributed by atoms with Gasteiger partial charge in [-0.25, -0.2) is 4.68 Å². The number of carboxylic acid groups (broad SMARTS) is 3. The maximum absolute atomic E-state index is 11.3. The summed E-state index contributed by atoms with van der Waals surface area (Å²) in [6.45, 7) is 0.268. The predicted octanol–water partition coefficient (Wildman–Crippen LogP) is -0.204. The fourth-order valence-corrected chi connectivity index (χ4v) is 2.91. The summed E-state index contributed by atoms with van der Waals surface area (Å²) in [5.74, 6) is -3.75. The quantitative estimate of drug-likeness (QED) is 0.491. The molecule has 2 rings (SSSR count). The number of aliphatic carboxylic acids is 3. The summed E-state index contributed by atoms with van der Waals surface area (Å²) >= 11 is 0. The number of rotatable bonds is 8. The molecule has 0 spiro atoms. The molecule has 3 atom stereocenters. The van der Waals surface area contributed by atoms with Crippen LogP contribution in [-0.4, -0.2) is 60.8 Å². The van der Waals surface area contributed by atoms with Crippen LogP contribution in [0.4, 0.5) is 0 Å². The Morgan fingerprint density at radius 3 is 2.54 bits per heavy atom. The minimum atomic E-state index is -1.11. The zero-order valence-corrected chi connectivity index (χ0v) is 13.5. The van der Waals surface area contributed by atoms with Crippen molar-refractivity contribution in [1.29, 1.82) is 0 Å². The van der Waals surface area contributed by atoms with E-state index in [0.29, 0.717) is 18.5 Å². The second-order valence-corrected chi connectivity index (χ2v) is 5.47. The van der Waals surface area contributed by atoms with Crippen LogP contribution in [0.25, 0.3) is 0 Å². The van der Waals surface area contributed by atoms with E-state index in [0.717, 1.165) is 0 Å². The molecule has 0 saturated carbocycles. The summed E-state index contributed by atoms with van der Waals surface area (Å²) in [5, 5.41) is 37.5. The molecule has 10 nitrogen and oxygen atoms in total. The predicted molar refractivity (Wildman–Crippen MR) is 82.1 cm³/mol. The standard InChI is InChI=1S/C13H18N4O6.ClH/c18-10(19)3-1-2-7-5-15-16-17(7)9-6-14-12(13(22)23)8(9)4-11(20)21;/h5,8-9,12,14H,1-4,6H2,(H,18,19)(H,20,21)(H,22,23);1H/t8-,9-,12-;/m0./s1. The van der Waals surface area contributed by atoms with E-state index >= 15 is 0 Å². The Labute approximate surface area is 143 Å². The molecule has 0 aliphatic carbocycles. The van der Waals surface area contributed by atoms with Crippen molar-refractivity contribution in [2.24, 2.45) is 5.92 Å². The maximum Gasteiger partial charge on any atom is 0.321 e. The summed E-state index contributed by atoms with van der Waals surface area (Å²) < 4.78 is 1.52. The third-order valence-electron chi connectivity index (χ3n) is 3.93. The summed E-state index contributed by atoms with van der Waals surface area (Å²) in [7, 11) is 0. The van der Waals surface area contributed by atoms with Gasteiger partial charge in [0.2, 0.25) is 0 Å². The number of carbonyl (C=O) groups is 3. The summed E-state index contributed by atoms with van der Waals surface area (Å²) in [6.07, 6.45) is 2.02. The van der Waals surface area contributed by atoms with Crippen molar-refractivity contribution in [3.05, 3.63) is 11.9 Å². The SMILES string of the molecule is Cl.O=C(O)CCCc1cnnn1[C@H]1CN[C@H](C(=O)O)[C@H]1CC(=O)O. The number of halogens is 1. The van der Waals surface area contributed by atoms with Gasteiger partial charge in [0.05, 0.1) is 24.4 Å². The number of aromatic nitrogens is 3. The largest absolute Gasteiger partial charge is 0.481 e. The molecule has 1 fully saturated rings.